The summed E-state index contributed by atoms with van der Waals surface area (Å²) in [7, 11) is 1.71. The van der Waals surface area contributed by atoms with Crippen molar-refractivity contribution >= 4 is 17.7 Å². The Labute approximate surface area is 202 Å². The lowest BCUT2D eigenvalue weighted by molar-refractivity contribution is -0.150. The highest BCUT2D eigenvalue weighted by molar-refractivity contribution is 5.99. The minimum atomic E-state index is -0.988. The maximum absolute atomic E-state index is 14.2. The number of ether oxygens (including phenoxy) is 1. The third-order valence-corrected chi connectivity index (χ3v) is 8.28. The Morgan fingerprint density at radius 3 is 2.50 bits per heavy atom. The number of carbonyl (C=O) groups is 3. The minimum Gasteiger partial charge on any atom is -0.396 e. The average molecular weight is 474 g/mol. The maximum atomic E-state index is 14.2. The number of hydrogen-bond donors (Lipinski definition) is 1. The maximum Gasteiger partial charge on any atom is 0.248 e. The highest BCUT2D eigenvalue weighted by atomic mass is 16.5. The Morgan fingerprint density at radius 2 is 1.85 bits per heavy atom. The fourth-order valence-corrected chi connectivity index (χ4v) is 6.84. The lowest BCUT2D eigenvalue weighted by atomic mass is 9.70. The number of nitrogens with zero attached hydrogens (tertiary/aromatic N) is 3. The first kappa shape index (κ1) is 24.9. The first-order valence-corrected chi connectivity index (χ1v) is 12.8. The molecule has 3 amide bonds. The van der Waals surface area contributed by atoms with Gasteiger partial charge in [0.2, 0.25) is 17.7 Å². The van der Waals surface area contributed by atoms with Crippen LogP contribution in [0.2, 0.25) is 0 Å². The van der Waals surface area contributed by atoms with Gasteiger partial charge in [-0.2, -0.15) is 0 Å². The number of likely N-dealkylation sites (tertiary alicyclic amines) is 1. The fourth-order valence-electron chi connectivity index (χ4n) is 6.84. The molecular weight excluding hydrogens is 434 g/mol. The molecule has 0 radical (unpaired) electrons. The van der Waals surface area contributed by atoms with Crippen LogP contribution in [0.15, 0.2) is 25.3 Å². The van der Waals surface area contributed by atoms with Gasteiger partial charge in [-0.1, -0.05) is 31.4 Å². The molecule has 3 heterocycles. The van der Waals surface area contributed by atoms with E-state index >= 15 is 0 Å². The molecule has 4 rings (SSSR count). The predicted molar refractivity (Wildman–Crippen MR) is 128 cm³/mol. The Bertz CT molecular complexity index is 825. The van der Waals surface area contributed by atoms with Gasteiger partial charge in [-0.05, 0) is 32.1 Å². The van der Waals surface area contributed by atoms with E-state index in [4.69, 9.17) is 4.74 Å². The molecule has 5 atom stereocenters. The summed E-state index contributed by atoms with van der Waals surface area (Å²) in [6.45, 7) is 8.61. The van der Waals surface area contributed by atoms with Crippen LogP contribution in [0.25, 0.3) is 0 Å². The zero-order valence-electron chi connectivity index (χ0n) is 20.4. The Morgan fingerprint density at radius 1 is 1.15 bits per heavy atom. The van der Waals surface area contributed by atoms with E-state index in [0.29, 0.717) is 32.4 Å². The number of amides is 3. The third kappa shape index (κ3) is 3.98. The van der Waals surface area contributed by atoms with Crippen LogP contribution >= 0.6 is 0 Å². The van der Waals surface area contributed by atoms with E-state index in [1.54, 1.807) is 29.0 Å². The van der Waals surface area contributed by atoms with Crippen LogP contribution in [0, 0.1) is 11.8 Å². The molecule has 0 aromatic rings. The molecule has 4 aliphatic rings. The number of hydrogen-bond acceptors (Lipinski definition) is 5. The van der Waals surface area contributed by atoms with Gasteiger partial charge >= 0.3 is 0 Å². The van der Waals surface area contributed by atoms with Gasteiger partial charge in [0, 0.05) is 39.3 Å². The summed E-state index contributed by atoms with van der Waals surface area (Å²) in [6.07, 6.45) is 9.92. The van der Waals surface area contributed by atoms with Gasteiger partial charge in [0.1, 0.15) is 11.6 Å². The monoisotopic (exact) mass is 473 g/mol. The van der Waals surface area contributed by atoms with Crippen LogP contribution in [0.4, 0.5) is 0 Å². The number of likely N-dealkylation sites (N-methyl/N-ethyl adjacent to an activating group) is 1. The van der Waals surface area contributed by atoms with Crippen molar-refractivity contribution in [1.82, 2.24) is 14.7 Å². The summed E-state index contributed by atoms with van der Waals surface area (Å²) in [5.74, 6) is -1.69. The Hall–Kier alpha value is -2.19. The van der Waals surface area contributed by atoms with E-state index < -0.39 is 23.5 Å². The normalized spacial score (nSPS) is 32.5. The molecule has 188 valence electrons. The van der Waals surface area contributed by atoms with Gasteiger partial charge in [-0.3, -0.25) is 14.4 Å². The lowest BCUT2D eigenvalue weighted by Crippen LogP contribution is -2.58. The third-order valence-electron chi connectivity index (χ3n) is 8.28. The summed E-state index contributed by atoms with van der Waals surface area (Å²) in [5, 5.41) is 9.49. The quantitative estimate of drug-likeness (QED) is 0.488. The summed E-state index contributed by atoms with van der Waals surface area (Å²) < 4.78 is 6.50. The van der Waals surface area contributed by atoms with Crippen molar-refractivity contribution in [2.75, 3.05) is 33.3 Å². The molecule has 0 aromatic heterocycles. The second-order valence-corrected chi connectivity index (χ2v) is 10.2. The van der Waals surface area contributed by atoms with Gasteiger partial charge in [-0.15, -0.1) is 13.2 Å². The van der Waals surface area contributed by atoms with Crippen LogP contribution < -0.4 is 0 Å². The van der Waals surface area contributed by atoms with Gasteiger partial charge in [0.05, 0.1) is 17.9 Å². The Kier molecular flexibility index (Phi) is 7.48. The zero-order chi connectivity index (χ0) is 24.5. The van der Waals surface area contributed by atoms with Crippen molar-refractivity contribution in [2.24, 2.45) is 11.8 Å². The van der Waals surface area contributed by atoms with Crippen molar-refractivity contribution in [1.29, 1.82) is 0 Å². The van der Waals surface area contributed by atoms with E-state index in [1.807, 2.05) is 4.90 Å². The molecule has 3 saturated heterocycles. The number of aliphatic hydroxyl groups is 1. The molecule has 3 aliphatic heterocycles. The summed E-state index contributed by atoms with van der Waals surface area (Å²) >= 11 is 0. The van der Waals surface area contributed by atoms with Crippen LogP contribution in [-0.4, -0.2) is 94.6 Å². The molecule has 1 saturated carbocycles. The highest BCUT2D eigenvalue weighted by Crippen LogP contribution is 2.59. The zero-order valence-corrected chi connectivity index (χ0v) is 20.4. The SMILES string of the molecule is C=CCN(C)C(=O)[C@@H]1[C@H]2C(=O)N(CCCO)C(C(=O)N(CC=C)C3CCCCC3)C23CC[C@H]1O3. The van der Waals surface area contributed by atoms with E-state index in [0.717, 1.165) is 25.7 Å². The molecule has 1 aliphatic carbocycles. The second kappa shape index (κ2) is 10.2. The smallest absolute Gasteiger partial charge is 0.248 e. The van der Waals surface area contributed by atoms with E-state index in [-0.39, 0.29) is 43.0 Å². The molecule has 8 heteroatoms. The van der Waals surface area contributed by atoms with Crippen LogP contribution in [-0.2, 0) is 19.1 Å². The van der Waals surface area contributed by atoms with Crippen molar-refractivity contribution in [3.63, 3.8) is 0 Å². The van der Waals surface area contributed by atoms with Crippen LogP contribution in [0.1, 0.15) is 51.4 Å². The van der Waals surface area contributed by atoms with Gasteiger partial charge in [-0.25, -0.2) is 0 Å². The van der Waals surface area contributed by atoms with Gasteiger partial charge in [0.15, 0.2) is 0 Å². The number of aliphatic hydroxyl groups excluding tert-OH is 1. The molecular formula is C26H39N3O5. The topological polar surface area (TPSA) is 90.4 Å². The van der Waals surface area contributed by atoms with Gasteiger partial charge < -0.3 is 24.5 Å². The van der Waals surface area contributed by atoms with Crippen LogP contribution in [0.5, 0.6) is 0 Å². The van der Waals surface area contributed by atoms with Crippen molar-refractivity contribution in [3.8, 4) is 0 Å². The predicted octanol–water partition coefficient (Wildman–Crippen LogP) is 1.74. The van der Waals surface area contributed by atoms with E-state index in [9.17, 15) is 19.5 Å². The first-order valence-electron chi connectivity index (χ1n) is 12.8. The van der Waals surface area contributed by atoms with Crippen molar-refractivity contribution in [3.05, 3.63) is 25.3 Å². The standard InChI is InChI=1S/C26H39N3O5/c1-4-14-27(3)23(31)20-19-12-13-26(34-19)21(20)24(32)29(16-9-17-30)22(26)25(33)28(15-5-2)18-10-7-6-8-11-18/h4-5,18-22,30H,1-2,6-17H2,3H3/t19-,20+,21+,22?,26?/m1/s1. The van der Waals surface area contributed by atoms with Crippen LogP contribution in [0.3, 0.4) is 0 Å². The first-order chi connectivity index (χ1) is 16.4. The molecule has 4 fully saturated rings. The van der Waals surface area contributed by atoms with Crippen molar-refractivity contribution < 1.29 is 24.2 Å². The van der Waals surface area contributed by atoms with E-state index in [1.165, 1.54) is 6.42 Å². The highest BCUT2D eigenvalue weighted by Gasteiger charge is 2.74. The molecule has 1 spiro atoms. The molecule has 2 unspecified atom stereocenters. The summed E-state index contributed by atoms with van der Waals surface area (Å²) in [5.41, 5.74) is -0.988. The molecule has 2 bridgehead atoms. The van der Waals surface area contributed by atoms with E-state index in [2.05, 4.69) is 13.2 Å². The molecule has 8 nitrogen and oxygen atoms in total. The summed E-state index contributed by atoms with van der Waals surface area (Å²) in [6, 6.07) is -0.648. The van der Waals surface area contributed by atoms with Crippen molar-refractivity contribution in [2.45, 2.75) is 75.2 Å². The number of carbonyl (C=O) groups excluding carboxylic acids is 3. The minimum absolute atomic E-state index is 0.0741. The molecule has 34 heavy (non-hydrogen) atoms. The Balaban J connectivity index is 1.70. The number of fused-ring (bicyclic) bond motifs is 1. The summed E-state index contributed by atoms with van der Waals surface area (Å²) in [4.78, 5) is 46.5. The second-order valence-electron chi connectivity index (χ2n) is 10.2. The number of rotatable bonds is 10. The molecule has 1 N–H and O–H groups in total. The fraction of sp³-hybridized carbons (Fsp3) is 0.731. The largest absolute Gasteiger partial charge is 0.396 e. The van der Waals surface area contributed by atoms with Gasteiger partial charge in [0.25, 0.3) is 0 Å². The molecule has 0 aromatic carbocycles. The lowest BCUT2D eigenvalue weighted by Gasteiger charge is -2.40. The average Bonchev–Trinajstić information content (AvgIpc) is 3.48.